The molecule has 1 unspecified atom stereocenters. The summed E-state index contributed by atoms with van der Waals surface area (Å²) in [7, 11) is 1.65. The predicted octanol–water partition coefficient (Wildman–Crippen LogP) is 1.26. The highest BCUT2D eigenvalue weighted by atomic mass is 16.5. The Morgan fingerprint density at radius 2 is 1.96 bits per heavy atom. The van der Waals surface area contributed by atoms with E-state index in [1.807, 2.05) is 36.1 Å². The van der Waals surface area contributed by atoms with Gasteiger partial charge in [0.1, 0.15) is 0 Å². The molecule has 2 amide bonds. The first-order chi connectivity index (χ1) is 12.1. The molecule has 1 aliphatic carbocycles. The molecule has 1 saturated heterocycles. The zero-order chi connectivity index (χ0) is 17.8. The van der Waals surface area contributed by atoms with Gasteiger partial charge in [0.05, 0.1) is 12.6 Å². The van der Waals surface area contributed by atoms with E-state index >= 15 is 0 Å². The first kappa shape index (κ1) is 17.9. The van der Waals surface area contributed by atoms with Gasteiger partial charge in [-0.1, -0.05) is 12.1 Å². The molecule has 1 heterocycles. The molecule has 0 bridgehead atoms. The molecule has 1 aromatic rings. The van der Waals surface area contributed by atoms with E-state index < -0.39 is 0 Å². The number of ether oxygens (including phenoxy) is 1. The number of hydrogen-bond acceptors (Lipinski definition) is 4. The molecule has 2 aliphatic rings. The number of carbonyl (C=O) groups excluding carboxylic acids is 2. The summed E-state index contributed by atoms with van der Waals surface area (Å²) in [6.07, 6.45) is 2.20. The van der Waals surface area contributed by atoms with Crippen LogP contribution >= 0.6 is 0 Å². The second kappa shape index (κ2) is 7.97. The van der Waals surface area contributed by atoms with Crippen LogP contribution in [0.15, 0.2) is 24.3 Å². The first-order valence-electron chi connectivity index (χ1n) is 9.00. The molecule has 25 heavy (non-hydrogen) atoms. The number of benzene rings is 1. The van der Waals surface area contributed by atoms with Gasteiger partial charge < -0.3 is 15.0 Å². The van der Waals surface area contributed by atoms with Gasteiger partial charge in [0.15, 0.2) is 0 Å². The Morgan fingerprint density at radius 1 is 1.24 bits per heavy atom. The summed E-state index contributed by atoms with van der Waals surface area (Å²) in [4.78, 5) is 28.9. The first-order valence-corrected chi connectivity index (χ1v) is 9.00. The van der Waals surface area contributed by atoms with Crippen LogP contribution in [0.4, 0.5) is 0 Å². The maximum absolute atomic E-state index is 12.7. The highest BCUT2D eigenvalue weighted by Gasteiger charge is 2.31. The molecule has 1 N–H and O–H groups in total. The van der Waals surface area contributed by atoms with Gasteiger partial charge in [-0.3, -0.25) is 14.5 Å². The standard InChI is InChI=1S/C19H27N3O3/c1-14(18(23)20-17-6-7-17)21-8-10-22(11-9-21)19(24)16-5-3-4-15(12-16)13-25-2/h3-5,12,14,17H,6-11,13H2,1-2H3,(H,20,23). The fourth-order valence-corrected chi connectivity index (χ4v) is 3.17. The van der Waals surface area contributed by atoms with Crippen molar-refractivity contribution in [3.05, 3.63) is 35.4 Å². The second-order valence-electron chi connectivity index (χ2n) is 6.92. The fourth-order valence-electron chi connectivity index (χ4n) is 3.17. The monoisotopic (exact) mass is 345 g/mol. The Balaban J connectivity index is 1.53. The third-order valence-corrected chi connectivity index (χ3v) is 4.94. The van der Waals surface area contributed by atoms with Gasteiger partial charge in [-0.05, 0) is 37.5 Å². The van der Waals surface area contributed by atoms with Gasteiger partial charge in [-0.15, -0.1) is 0 Å². The molecule has 0 aromatic heterocycles. The van der Waals surface area contributed by atoms with Crippen molar-refractivity contribution in [2.24, 2.45) is 0 Å². The second-order valence-corrected chi connectivity index (χ2v) is 6.92. The van der Waals surface area contributed by atoms with E-state index in [-0.39, 0.29) is 17.9 Å². The van der Waals surface area contributed by atoms with Crippen molar-refractivity contribution in [1.82, 2.24) is 15.1 Å². The van der Waals surface area contributed by atoms with Crippen molar-refractivity contribution in [3.8, 4) is 0 Å². The Bertz CT molecular complexity index is 622. The molecular formula is C19H27N3O3. The van der Waals surface area contributed by atoms with Crippen LogP contribution in [0, 0.1) is 0 Å². The van der Waals surface area contributed by atoms with Crippen molar-refractivity contribution >= 4 is 11.8 Å². The van der Waals surface area contributed by atoms with Crippen molar-refractivity contribution in [2.75, 3.05) is 33.3 Å². The van der Waals surface area contributed by atoms with Crippen LogP contribution in [0.1, 0.15) is 35.7 Å². The fraction of sp³-hybridized carbons (Fsp3) is 0.579. The van der Waals surface area contributed by atoms with E-state index in [1.54, 1.807) is 7.11 Å². The number of carbonyl (C=O) groups is 2. The Hall–Kier alpha value is -1.92. The minimum atomic E-state index is -0.136. The number of piperazine rings is 1. The third kappa shape index (κ3) is 4.58. The molecule has 6 nitrogen and oxygen atoms in total. The Morgan fingerprint density at radius 3 is 2.60 bits per heavy atom. The topological polar surface area (TPSA) is 61.9 Å². The zero-order valence-electron chi connectivity index (χ0n) is 15.0. The highest BCUT2D eigenvalue weighted by molar-refractivity contribution is 5.94. The lowest BCUT2D eigenvalue weighted by Gasteiger charge is -2.37. The maximum atomic E-state index is 12.7. The van der Waals surface area contributed by atoms with Crippen molar-refractivity contribution in [2.45, 2.75) is 38.5 Å². The van der Waals surface area contributed by atoms with E-state index in [0.717, 1.165) is 31.5 Å². The largest absolute Gasteiger partial charge is 0.380 e. The average molecular weight is 345 g/mol. The van der Waals surface area contributed by atoms with Crippen molar-refractivity contribution < 1.29 is 14.3 Å². The number of amides is 2. The van der Waals surface area contributed by atoms with Crippen molar-refractivity contribution in [3.63, 3.8) is 0 Å². The van der Waals surface area contributed by atoms with E-state index in [9.17, 15) is 9.59 Å². The smallest absolute Gasteiger partial charge is 0.253 e. The summed E-state index contributed by atoms with van der Waals surface area (Å²) < 4.78 is 5.13. The summed E-state index contributed by atoms with van der Waals surface area (Å²) in [5.41, 5.74) is 1.69. The molecule has 2 fully saturated rings. The van der Waals surface area contributed by atoms with Crippen LogP contribution in [0.5, 0.6) is 0 Å². The van der Waals surface area contributed by atoms with Gasteiger partial charge in [-0.25, -0.2) is 0 Å². The molecule has 136 valence electrons. The van der Waals surface area contributed by atoms with E-state index in [4.69, 9.17) is 4.74 Å². The minimum Gasteiger partial charge on any atom is -0.380 e. The van der Waals surface area contributed by atoms with Crippen LogP contribution in [0.3, 0.4) is 0 Å². The average Bonchev–Trinajstić information content (AvgIpc) is 3.45. The molecule has 1 aliphatic heterocycles. The number of nitrogens with zero attached hydrogens (tertiary/aromatic N) is 2. The van der Waals surface area contributed by atoms with Gasteiger partial charge in [0.25, 0.3) is 5.91 Å². The van der Waals surface area contributed by atoms with Crippen LogP contribution < -0.4 is 5.32 Å². The lowest BCUT2D eigenvalue weighted by Crippen LogP contribution is -2.55. The lowest BCUT2D eigenvalue weighted by atomic mass is 10.1. The molecule has 1 atom stereocenters. The summed E-state index contributed by atoms with van der Waals surface area (Å²) >= 11 is 0. The summed E-state index contributed by atoms with van der Waals surface area (Å²) in [5.74, 6) is 0.155. The SMILES string of the molecule is COCc1cccc(C(=O)N2CCN(C(C)C(=O)NC3CC3)CC2)c1. The molecular weight excluding hydrogens is 318 g/mol. The van der Waals surface area contributed by atoms with Gasteiger partial charge >= 0.3 is 0 Å². The zero-order valence-corrected chi connectivity index (χ0v) is 15.0. The lowest BCUT2D eigenvalue weighted by molar-refractivity contribution is -0.126. The number of nitrogens with one attached hydrogen (secondary N) is 1. The Kier molecular flexibility index (Phi) is 5.71. The predicted molar refractivity (Wildman–Crippen MR) is 95.3 cm³/mol. The van der Waals surface area contributed by atoms with E-state index in [2.05, 4.69) is 10.2 Å². The highest BCUT2D eigenvalue weighted by Crippen LogP contribution is 2.19. The number of hydrogen-bond donors (Lipinski definition) is 1. The normalized spacial score (nSPS) is 19.5. The molecule has 0 spiro atoms. The van der Waals surface area contributed by atoms with Gasteiger partial charge in [0.2, 0.25) is 5.91 Å². The molecule has 0 radical (unpaired) electrons. The molecule has 1 aromatic carbocycles. The van der Waals surface area contributed by atoms with Crippen LogP contribution in [-0.4, -0.2) is 67.0 Å². The minimum absolute atomic E-state index is 0.0488. The maximum Gasteiger partial charge on any atom is 0.253 e. The third-order valence-electron chi connectivity index (χ3n) is 4.94. The summed E-state index contributed by atoms with van der Waals surface area (Å²) in [5, 5.41) is 3.06. The van der Waals surface area contributed by atoms with Crippen LogP contribution in [-0.2, 0) is 16.1 Å². The van der Waals surface area contributed by atoms with Gasteiger partial charge in [0, 0.05) is 44.9 Å². The van der Waals surface area contributed by atoms with Crippen molar-refractivity contribution in [1.29, 1.82) is 0 Å². The van der Waals surface area contributed by atoms with Crippen LogP contribution in [0.25, 0.3) is 0 Å². The quantitative estimate of drug-likeness (QED) is 0.843. The summed E-state index contributed by atoms with van der Waals surface area (Å²) in [6.45, 7) is 5.19. The summed E-state index contributed by atoms with van der Waals surface area (Å²) in [6, 6.07) is 7.84. The molecule has 1 saturated carbocycles. The molecule has 3 rings (SSSR count). The number of methoxy groups -OCH3 is 1. The van der Waals surface area contributed by atoms with E-state index in [0.29, 0.717) is 31.3 Å². The number of rotatable bonds is 6. The van der Waals surface area contributed by atoms with E-state index in [1.165, 1.54) is 0 Å². The Labute approximate surface area is 149 Å². The molecule has 6 heteroatoms. The van der Waals surface area contributed by atoms with Crippen LogP contribution in [0.2, 0.25) is 0 Å². The van der Waals surface area contributed by atoms with Gasteiger partial charge in [-0.2, -0.15) is 0 Å².